The molecule has 0 amide bonds. The number of hydrogen-bond donors (Lipinski definition) is 1. The zero-order valence-electron chi connectivity index (χ0n) is 20.2. The summed E-state index contributed by atoms with van der Waals surface area (Å²) < 4.78 is 26.6. The van der Waals surface area contributed by atoms with Crippen molar-refractivity contribution in [2.75, 3.05) is 32.8 Å². The molecular weight excluding hydrogens is 457 g/mol. The molecule has 0 atom stereocenters. The monoisotopic (exact) mass is 487 g/mol. The summed E-state index contributed by atoms with van der Waals surface area (Å²) in [6.07, 6.45) is 0. The van der Waals surface area contributed by atoms with Crippen molar-refractivity contribution < 1.29 is 13.9 Å². The van der Waals surface area contributed by atoms with Gasteiger partial charge in [-0.05, 0) is 53.4 Å². The molecule has 5 rings (SSSR count). The first-order valence-electron chi connectivity index (χ1n) is 12.3. The van der Waals surface area contributed by atoms with Gasteiger partial charge in [0.1, 0.15) is 17.3 Å². The molecule has 2 heterocycles. The third-order valence-electron chi connectivity index (χ3n) is 6.42. The van der Waals surface area contributed by atoms with Crippen LogP contribution in [0.5, 0.6) is 11.5 Å². The highest BCUT2D eigenvalue weighted by molar-refractivity contribution is 5.81. The summed E-state index contributed by atoms with van der Waals surface area (Å²) in [4.78, 5) is 15.9. The van der Waals surface area contributed by atoms with Crippen LogP contribution in [0.15, 0.2) is 83.7 Å². The number of para-hydroxylation sites is 1. The summed E-state index contributed by atoms with van der Waals surface area (Å²) in [7, 11) is 0. The van der Waals surface area contributed by atoms with Crippen molar-refractivity contribution in [2.45, 2.75) is 19.6 Å². The molecule has 1 aliphatic heterocycles. The van der Waals surface area contributed by atoms with Crippen molar-refractivity contribution in [2.24, 2.45) is 0 Å². The Morgan fingerprint density at radius 2 is 1.64 bits per heavy atom. The lowest BCUT2D eigenvalue weighted by Gasteiger charge is -2.27. The lowest BCUT2D eigenvalue weighted by Crippen LogP contribution is -2.39. The van der Waals surface area contributed by atoms with Gasteiger partial charge < -0.3 is 19.4 Å². The van der Waals surface area contributed by atoms with Gasteiger partial charge in [-0.3, -0.25) is 9.69 Å². The Hall–Kier alpha value is -3.52. The first-order chi connectivity index (χ1) is 17.7. The van der Waals surface area contributed by atoms with Crippen molar-refractivity contribution in [3.63, 3.8) is 0 Å². The smallest absolute Gasteiger partial charge is 0.255 e. The minimum absolute atomic E-state index is 0.0146. The van der Waals surface area contributed by atoms with Gasteiger partial charge in [0.05, 0.1) is 18.7 Å². The van der Waals surface area contributed by atoms with Gasteiger partial charge in [-0.25, -0.2) is 4.39 Å². The fraction of sp³-hybridized carbons (Fsp3) is 0.276. The lowest BCUT2D eigenvalue weighted by molar-refractivity contribution is 0.0364. The van der Waals surface area contributed by atoms with E-state index in [0.717, 1.165) is 55.1 Å². The largest absolute Gasteiger partial charge is 0.457 e. The quantitative estimate of drug-likeness (QED) is 0.375. The zero-order valence-corrected chi connectivity index (χ0v) is 20.2. The Kier molecular flexibility index (Phi) is 7.71. The number of aromatic nitrogens is 1. The van der Waals surface area contributed by atoms with E-state index in [4.69, 9.17) is 9.47 Å². The second kappa shape index (κ2) is 11.5. The molecule has 0 radical (unpaired) electrons. The summed E-state index contributed by atoms with van der Waals surface area (Å²) in [5, 5.41) is 4.31. The number of hydrogen-bond acceptors (Lipinski definition) is 5. The molecule has 0 bridgehead atoms. The molecule has 0 unspecified atom stereocenters. The van der Waals surface area contributed by atoms with Crippen LogP contribution in [-0.2, 0) is 24.4 Å². The van der Waals surface area contributed by atoms with Crippen LogP contribution in [0.2, 0.25) is 0 Å². The predicted octanol–water partition coefficient (Wildman–Crippen LogP) is 4.55. The number of ether oxygens (including phenoxy) is 2. The number of halogens is 1. The van der Waals surface area contributed by atoms with Crippen molar-refractivity contribution >= 4 is 10.9 Å². The van der Waals surface area contributed by atoms with Crippen LogP contribution >= 0.6 is 0 Å². The van der Waals surface area contributed by atoms with Crippen LogP contribution in [0.25, 0.3) is 10.9 Å². The van der Waals surface area contributed by atoms with Crippen molar-refractivity contribution in [1.82, 2.24) is 14.8 Å². The van der Waals surface area contributed by atoms with E-state index in [1.165, 1.54) is 12.1 Å². The Balaban J connectivity index is 1.41. The molecule has 1 N–H and O–H groups in total. The SMILES string of the molecule is O=c1c(CNCc2ccc(F)cc2)cc2ccc(Oc3ccccc3)cc2n1CCN1CCOCC1. The molecule has 1 aliphatic rings. The minimum atomic E-state index is -0.257. The summed E-state index contributed by atoms with van der Waals surface area (Å²) in [6.45, 7) is 5.50. The van der Waals surface area contributed by atoms with E-state index >= 15 is 0 Å². The summed E-state index contributed by atoms with van der Waals surface area (Å²) in [5.74, 6) is 1.18. The average Bonchev–Trinajstić information content (AvgIpc) is 2.91. The standard InChI is InChI=1S/C29H30FN3O3/c30-25-9-6-22(7-10-25)20-31-21-24-18-23-8-11-27(36-26-4-2-1-3-5-26)19-28(23)33(29(24)34)13-12-32-14-16-35-17-15-32/h1-11,18-19,31H,12-17,20-21H2. The van der Waals surface area contributed by atoms with E-state index < -0.39 is 0 Å². The van der Waals surface area contributed by atoms with Crippen molar-refractivity contribution in [3.05, 3.63) is 106 Å². The summed E-state index contributed by atoms with van der Waals surface area (Å²) in [6, 6.07) is 23.8. The number of pyridine rings is 1. The van der Waals surface area contributed by atoms with Crippen molar-refractivity contribution in [1.29, 1.82) is 0 Å². The van der Waals surface area contributed by atoms with E-state index in [-0.39, 0.29) is 11.4 Å². The van der Waals surface area contributed by atoms with Crippen LogP contribution in [0.1, 0.15) is 11.1 Å². The van der Waals surface area contributed by atoms with E-state index in [1.54, 1.807) is 12.1 Å². The van der Waals surface area contributed by atoms with Gasteiger partial charge in [0.2, 0.25) is 0 Å². The zero-order chi connectivity index (χ0) is 24.7. The topological polar surface area (TPSA) is 55.7 Å². The van der Waals surface area contributed by atoms with Gasteiger partial charge in [0, 0.05) is 50.9 Å². The Bertz CT molecular complexity index is 1350. The molecule has 1 saturated heterocycles. The molecule has 0 aliphatic carbocycles. The first-order valence-corrected chi connectivity index (χ1v) is 12.3. The first kappa shape index (κ1) is 24.2. The predicted molar refractivity (Wildman–Crippen MR) is 139 cm³/mol. The highest BCUT2D eigenvalue weighted by Crippen LogP contribution is 2.25. The molecule has 186 valence electrons. The number of rotatable bonds is 9. The number of benzene rings is 3. The van der Waals surface area contributed by atoms with E-state index in [9.17, 15) is 9.18 Å². The van der Waals surface area contributed by atoms with E-state index in [0.29, 0.717) is 30.9 Å². The number of nitrogens with zero attached hydrogens (tertiary/aromatic N) is 2. The normalized spacial score (nSPS) is 14.2. The van der Waals surface area contributed by atoms with Crippen LogP contribution in [-0.4, -0.2) is 42.3 Å². The maximum atomic E-state index is 13.6. The molecule has 4 aromatic rings. The molecule has 1 aromatic heterocycles. The van der Waals surface area contributed by atoms with Gasteiger partial charge in [0.25, 0.3) is 5.56 Å². The Morgan fingerprint density at radius 3 is 2.42 bits per heavy atom. The maximum absolute atomic E-state index is 13.6. The Morgan fingerprint density at radius 1 is 0.861 bits per heavy atom. The summed E-state index contributed by atoms with van der Waals surface area (Å²) >= 11 is 0. The number of morpholine rings is 1. The summed E-state index contributed by atoms with van der Waals surface area (Å²) in [5.41, 5.74) is 2.50. The maximum Gasteiger partial charge on any atom is 0.255 e. The third kappa shape index (κ3) is 5.99. The molecule has 0 spiro atoms. The molecule has 0 saturated carbocycles. The minimum Gasteiger partial charge on any atom is -0.457 e. The number of fused-ring (bicyclic) bond motifs is 1. The molecule has 6 nitrogen and oxygen atoms in total. The Labute approximate surface area is 209 Å². The fourth-order valence-corrected chi connectivity index (χ4v) is 4.46. The van der Waals surface area contributed by atoms with Gasteiger partial charge in [-0.1, -0.05) is 30.3 Å². The number of nitrogens with one attached hydrogen (secondary N) is 1. The lowest BCUT2D eigenvalue weighted by atomic mass is 10.1. The highest BCUT2D eigenvalue weighted by atomic mass is 19.1. The average molecular weight is 488 g/mol. The van der Waals surface area contributed by atoms with Gasteiger partial charge in [-0.2, -0.15) is 0 Å². The van der Waals surface area contributed by atoms with Gasteiger partial charge in [0.15, 0.2) is 0 Å². The second-order valence-corrected chi connectivity index (χ2v) is 8.95. The third-order valence-corrected chi connectivity index (χ3v) is 6.42. The van der Waals surface area contributed by atoms with E-state index in [1.807, 2.05) is 59.2 Å². The van der Waals surface area contributed by atoms with E-state index in [2.05, 4.69) is 10.2 Å². The molecule has 36 heavy (non-hydrogen) atoms. The van der Waals surface area contributed by atoms with Crippen molar-refractivity contribution in [3.8, 4) is 11.5 Å². The van der Waals surface area contributed by atoms with Crippen LogP contribution < -0.4 is 15.6 Å². The fourth-order valence-electron chi connectivity index (χ4n) is 4.46. The second-order valence-electron chi connectivity index (χ2n) is 8.95. The highest BCUT2D eigenvalue weighted by Gasteiger charge is 2.14. The molecule has 7 heteroatoms. The van der Waals surface area contributed by atoms with Crippen LogP contribution in [0.3, 0.4) is 0 Å². The van der Waals surface area contributed by atoms with Crippen LogP contribution in [0.4, 0.5) is 4.39 Å². The molecule has 3 aromatic carbocycles. The van der Waals surface area contributed by atoms with Gasteiger partial charge in [-0.15, -0.1) is 0 Å². The van der Waals surface area contributed by atoms with Gasteiger partial charge >= 0.3 is 0 Å². The molecular formula is C29H30FN3O3. The molecule has 1 fully saturated rings. The van der Waals surface area contributed by atoms with Crippen LogP contribution in [0, 0.1) is 5.82 Å².